The number of carbonyl (C=O) groups excluding carboxylic acids is 1. The molecule has 1 amide bonds. The molecule has 3 rings (SSSR count). The zero-order valence-corrected chi connectivity index (χ0v) is 18.1. The number of hydrogen-bond acceptors (Lipinski definition) is 5. The lowest BCUT2D eigenvalue weighted by Gasteiger charge is -2.09. The lowest BCUT2D eigenvalue weighted by atomic mass is 10.0. The number of nitrogens with one attached hydrogen (secondary N) is 2. The number of fused-ring (bicyclic) bond motifs is 1. The highest BCUT2D eigenvalue weighted by Gasteiger charge is 2.14. The SMILES string of the molecule is CC(C)S(=O)(=O)NCCCCC(=O)Nc1nc(-c2cccc3ccccc23)cs1. The van der Waals surface area contributed by atoms with Crippen LogP contribution in [0.4, 0.5) is 5.13 Å². The second-order valence-corrected chi connectivity index (χ2v) is 10.2. The molecule has 1 heterocycles. The van der Waals surface area contributed by atoms with Gasteiger partial charge in [0.1, 0.15) is 0 Å². The first kappa shape index (κ1) is 21.4. The highest BCUT2D eigenvalue weighted by atomic mass is 32.2. The maximum absolute atomic E-state index is 12.2. The predicted octanol–water partition coefficient (Wildman–Crippen LogP) is 4.40. The van der Waals surface area contributed by atoms with Gasteiger partial charge in [-0.15, -0.1) is 11.3 Å². The van der Waals surface area contributed by atoms with Crippen LogP contribution >= 0.6 is 11.3 Å². The number of hydrogen-bond donors (Lipinski definition) is 2. The Kier molecular flexibility index (Phi) is 7.00. The summed E-state index contributed by atoms with van der Waals surface area (Å²) >= 11 is 1.40. The molecule has 2 aromatic carbocycles. The van der Waals surface area contributed by atoms with Crippen LogP contribution in [-0.4, -0.2) is 31.1 Å². The van der Waals surface area contributed by atoms with E-state index in [0.717, 1.165) is 22.0 Å². The van der Waals surface area contributed by atoms with Gasteiger partial charge in [0, 0.05) is 23.9 Å². The Morgan fingerprint density at radius 3 is 2.66 bits per heavy atom. The topological polar surface area (TPSA) is 88.2 Å². The molecule has 0 aliphatic carbocycles. The Morgan fingerprint density at radius 1 is 1.10 bits per heavy atom. The van der Waals surface area contributed by atoms with Crippen molar-refractivity contribution < 1.29 is 13.2 Å². The quantitative estimate of drug-likeness (QED) is 0.492. The summed E-state index contributed by atoms with van der Waals surface area (Å²) < 4.78 is 25.9. The van der Waals surface area contributed by atoms with Crippen molar-refractivity contribution in [1.29, 1.82) is 0 Å². The van der Waals surface area contributed by atoms with Gasteiger partial charge in [-0.1, -0.05) is 42.5 Å². The number of unbranched alkanes of at least 4 members (excludes halogenated alkanes) is 1. The van der Waals surface area contributed by atoms with Crippen LogP contribution < -0.4 is 10.0 Å². The lowest BCUT2D eigenvalue weighted by Crippen LogP contribution is -2.31. The number of nitrogens with zero attached hydrogens (tertiary/aromatic N) is 1. The smallest absolute Gasteiger partial charge is 0.226 e. The Morgan fingerprint density at radius 2 is 1.86 bits per heavy atom. The number of anilines is 1. The summed E-state index contributed by atoms with van der Waals surface area (Å²) in [5, 5.41) is 7.17. The summed E-state index contributed by atoms with van der Waals surface area (Å²) in [6.45, 7) is 3.61. The van der Waals surface area contributed by atoms with Crippen LogP contribution in [0.25, 0.3) is 22.0 Å². The number of rotatable bonds is 9. The van der Waals surface area contributed by atoms with Crippen LogP contribution in [0, 0.1) is 0 Å². The number of amides is 1. The van der Waals surface area contributed by atoms with Crippen molar-refractivity contribution in [3.8, 4) is 11.3 Å². The normalized spacial score (nSPS) is 11.8. The standard InChI is InChI=1S/C21H25N3O3S2/c1-15(2)29(26,27)22-13-6-5-12-20(25)24-21-23-19(14-28-21)18-11-7-9-16-8-3-4-10-17(16)18/h3-4,7-11,14-15,22H,5-6,12-13H2,1-2H3,(H,23,24,25). The second-order valence-electron chi connectivity index (χ2n) is 7.06. The van der Waals surface area contributed by atoms with E-state index >= 15 is 0 Å². The zero-order chi connectivity index (χ0) is 20.9. The minimum atomic E-state index is -3.25. The molecule has 0 aliphatic heterocycles. The first-order valence-electron chi connectivity index (χ1n) is 9.59. The molecule has 0 spiro atoms. The van der Waals surface area contributed by atoms with E-state index in [1.807, 2.05) is 29.6 Å². The Labute approximate surface area is 175 Å². The Hall–Kier alpha value is -2.29. The molecule has 154 valence electrons. The first-order chi connectivity index (χ1) is 13.9. The van der Waals surface area contributed by atoms with E-state index in [9.17, 15) is 13.2 Å². The fraction of sp³-hybridized carbons (Fsp3) is 0.333. The fourth-order valence-electron chi connectivity index (χ4n) is 2.88. The van der Waals surface area contributed by atoms with Gasteiger partial charge in [-0.05, 0) is 37.5 Å². The molecule has 0 saturated carbocycles. The average Bonchev–Trinajstić information content (AvgIpc) is 3.15. The van der Waals surface area contributed by atoms with Gasteiger partial charge in [0.25, 0.3) is 0 Å². The molecule has 0 saturated heterocycles. The van der Waals surface area contributed by atoms with Crippen LogP contribution in [-0.2, 0) is 14.8 Å². The molecule has 3 aromatic rings. The zero-order valence-electron chi connectivity index (χ0n) is 16.5. The van der Waals surface area contributed by atoms with Crippen molar-refractivity contribution in [2.75, 3.05) is 11.9 Å². The third-order valence-corrected chi connectivity index (χ3v) is 7.18. The lowest BCUT2D eigenvalue weighted by molar-refractivity contribution is -0.116. The van der Waals surface area contributed by atoms with Crippen molar-refractivity contribution in [3.05, 3.63) is 47.8 Å². The monoisotopic (exact) mass is 431 g/mol. The van der Waals surface area contributed by atoms with Gasteiger partial charge < -0.3 is 5.32 Å². The second kappa shape index (κ2) is 9.47. The largest absolute Gasteiger partial charge is 0.302 e. The summed E-state index contributed by atoms with van der Waals surface area (Å²) in [6.07, 6.45) is 1.54. The maximum atomic E-state index is 12.2. The first-order valence-corrected chi connectivity index (χ1v) is 12.0. The molecular weight excluding hydrogens is 406 g/mol. The third-order valence-electron chi connectivity index (χ3n) is 4.57. The molecule has 8 heteroatoms. The van der Waals surface area contributed by atoms with Crippen molar-refractivity contribution in [3.63, 3.8) is 0 Å². The molecule has 0 bridgehead atoms. The van der Waals surface area contributed by atoms with Crippen molar-refractivity contribution >= 4 is 43.2 Å². The van der Waals surface area contributed by atoms with Crippen molar-refractivity contribution in [2.24, 2.45) is 0 Å². The van der Waals surface area contributed by atoms with Gasteiger partial charge in [0.2, 0.25) is 15.9 Å². The van der Waals surface area contributed by atoms with Gasteiger partial charge in [-0.3, -0.25) is 4.79 Å². The van der Waals surface area contributed by atoms with E-state index in [2.05, 4.69) is 33.2 Å². The third kappa shape index (κ3) is 5.62. The van der Waals surface area contributed by atoms with Crippen molar-refractivity contribution in [1.82, 2.24) is 9.71 Å². The van der Waals surface area contributed by atoms with Crippen LogP contribution in [0.2, 0.25) is 0 Å². The summed E-state index contributed by atoms with van der Waals surface area (Å²) in [6, 6.07) is 14.2. The van der Waals surface area contributed by atoms with E-state index in [1.54, 1.807) is 13.8 Å². The Bertz CT molecular complexity index is 1090. The molecule has 0 atom stereocenters. The van der Waals surface area contributed by atoms with Crippen LogP contribution in [0.3, 0.4) is 0 Å². The summed E-state index contributed by atoms with van der Waals surface area (Å²) in [7, 11) is -3.25. The molecule has 0 fully saturated rings. The summed E-state index contributed by atoms with van der Waals surface area (Å²) in [4.78, 5) is 16.7. The van der Waals surface area contributed by atoms with E-state index in [0.29, 0.717) is 30.9 Å². The fourth-order valence-corrected chi connectivity index (χ4v) is 4.37. The Balaban J connectivity index is 1.52. The number of thiazole rings is 1. The number of carbonyl (C=O) groups is 1. The van der Waals surface area contributed by atoms with Gasteiger partial charge in [-0.25, -0.2) is 18.1 Å². The van der Waals surface area contributed by atoms with Crippen LogP contribution in [0.15, 0.2) is 47.8 Å². The van der Waals surface area contributed by atoms with E-state index in [4.69, 9.17) is 0 Å². The predicted molar refractivity (Wildman–Crippen MR) is 120 cm³/mol. The summed E-state index contributed by atoms with van der Waals surface area (Å²) in [5.41, 5.74) is 1.88. The number of sulfonamides is 1. The van der Waals surface area contributed by atoms with Gasteiger partial charge in [-0.2, -0.15) is 0 Å². The molecule has 29 heavy (non-hydrogen) atoms. The average molecular weight is 432 g/mol. The molecule has 0 unspecified atom stereocenters. The highest BCUT2D eigenvalue weighted by molar-refractivity contribution is 7.90. The van der Waals surface area contributed by atoms with Gasteiger partial charge >= 0.3 is 0 Å². The molecule has 0 aliphatic rings. The van der Waals surface area contributed by atoms with Gasteiger partial charge in [0.05, 0.1) is 10.9 Å². The number of benzene rings is 2. The van der Waals surface area contributed by atoms with Crippen LogP contribution in [0.1, 0.15) is 33.1 Å². The molecule has 2 N–H and O–H groups in total. The van der Waals surface area contributed by atoms with Gasteiger partial charge in [0.15, 0.2) is 5.13 Å². The van der Waals surface area contributed by atoms with E-state index in [1.165, 1.54) is 11.3 Å². The number of aromatic nitrogens is 1. The molecule has 1 aromatic heterocycles. The molecule has 6 nitrogen and oxygen atoms in total. The minimum Gasteiger partial charge on any atom is -0.302 e. The van der Waals surface area contributed by atoms with Crippen LogP contribution in [0.5, 0.6) is 0 Å². The highest BCUT2D eigenvalue weighted by Crippen LogP contribution is 2.31. The maximum Gasteiger partial charge on any atom is 0.226 e. The summed E-state index contributed by atoms with van der Waals surface area (Å²) in [5.74, 6) is -0.115. The van der Waals surface area contributed by atoms with Crippen molar-refractivity contribution in [2.45, 2.75) is 38.4 Å². The van der Waals surface area contributed by atoms with E-state index in [-0.39, 0.29) is 5.91 Å². The van der Waals surface area contributed by atoms with E-state index < -0.39 is 15.3 Å². The molecule has 0 radical (unpaired) electrons. The minimum absolute atomic E-state index is 0.115. The molecular formula is C21H25N3O3S2.